The van der Waals surface area contributed by atoms with Gasteiger partial charge >= 0.3 is 0 Å². The van der Waals surface area contributed by atoms with Crippen molar-refractivity contribution in [3.63, 3.8) is 0 Å². The molecule has 0 spiro atoms. The Kier molecular flexibility index (Phi) is 3.86. The quantitative estimate of drug-likeness (QED) is 0.726. The minimum absolute atomic E-state index is 0.320. The van der Waals surface area contributed by atoms with Gasteiger partial charge in [-0.05, 0) is 44.2 Å². The van der Waals surface area contributed by atoms with E-state index >= 15 is 0 Å². The number of likely N-dealkylation sites (N-methyl/N-ethyl adjacent to an activating group) is 1. The van der Waals surface area contributed by atoms with Crippen LogP contribution in [0.15, 0.2) is 24.3 Å². The number of aliphatic hydroxyl groups excluding tert-OH is 1. The van der Waals surface area contributed by atoms with Gasteiger partial charge in [0.05, 0.1) is 0 Å². The van der Waals surface area contributed by atoms with Crippen LogP contribution in [0.3, 0.4) is 0 Å². The molecular formula is C13H20N2O2. The van der Waals surface area contributed by atoms with E-state index in [9.17, 15) is 5.11 Å². The van der Waals surface area contributed by atoms with Crippen LogP contribution in [0.2, 0.25) is 0 Å². The van der Waals surface area contributed by atoms with Gasteiger partial charge in [-0.3, -0.25) is 0 Å². The molecule has 0 aliphatic heterocycles. The number of anilines is 1. The number of aliphatic hydroxyl groups is 1. The molecule has 0 amide bonds. The van der Waals surface area contributed by atoms with Gasteiger partial charge < -0.3 is 20.5 Å². The SMILES string of the molecule is CN(CC(O)COc1ccc(N)cc1)C1CC1. The lowest BCUT2D eigenvalue weighted by Crippen LogP contribution is -2.34. The maximum atomic E-state index is 9.82. The molecule has 1 aliphatic carbocycles. The molecule has 0 radical (unpaired) electrons. The molecule has 1 saturated carbocycles. The van der Waals surface area contributed by atoms with Crippen LogP contribution in [0.25, 0.3) is 0 Å². The molecule has 3 N–H and O–H groups in total. The molecule has 1 aliphatic rings. The number of hydrogen-bond donors (Lipinski definition) is 2. The van der Waals surface area contributed by atoms with E-state index in [1.54, 1.807) is 12.1 Å². The molecule has 0 saturated heterocycles. The molecule has 0 heterocycles. The molecule has 1 unspecified atom stereocenters. The zero-order valence-corrected chi connectivity index (χ0v) is 10.2. The molecule has 0 bridgehead atoms. The molecule has 17 heavy (non-hydrogen) atoms. The van der Waals surface area contributed by atoms with Crippen LogP contribution in [-0.4, -0.2) is 42.4 Å². The second kappa shape index (κ2) is 5.38. The first-order valence-corrected chi connectivity index (χ1v) is 6.02. The smallest absolute Gasteiger partial charge is 0.119 e. The van der Waals surface area contributed by atoms with Crippen LogP contribution in [0.5, 0.6) is 5.75 Å². The molecule has 4 heteroatoms. The van der Waals surface area contributed by atoms with E-state index in [0.717, 1.165) is 5.75 Å². The van der Waals surface area contributed by atoms with Crippen LogP contribution in [0, 0.1) is 0 Å². The Morgan fingerprint density at radius 2 is 2.06 bits per heavy atom. The molecular weight excluding hydrogens is 216 g/mol. The Morgan fingerprint density at radius 3 is 2.65 bits per heavy atom. The van der Waals surface area contributed by atoms with Crippen molar-refractivity contribution in [1.29, 1.82) is 0 Å². The van der Waals surface area contributed by atoms with Crippen molar-refractivity contribution in [2.75, 3.05) is 25.9 Å². The highest BCUT2D eigenvalue weighted by molar-refractivity contribution is 5.41. The summed E-state index contributed by atoms with van der Waals surface area (Å²) in [7, 11) is 2.05. The first kappa shape index (κ1) is 12.2. The van der Waals surface area contributed by atoms with Gasteiger partial charge in [0.1, 0.15) is 18.5 Å². The summed E-state index contributed by atoms with van der Waals surface area (Å²) in [5, 5.41) is 9.82. The van der Waals surface area contributed by atoms with Gasteiger partial charge in [-0.1, -0.05) is 0 Å². The summed E-state index contributed by atoms with van der Waals surface area (Å²) in [5.74, 6) is 0.743. The third-order valence-corrected chi connectivity index (χ3v) is 2.99. The number of ether oxygens (including phenoxy) is 1. The van der Waals surface area contributed by atoms with Gasteiger partial charge in [-0.15, -0.1) is 0 Å². The molecule has 4 nitrogen and oxygen atoms in total. The maximum absolute atomic E-state index is 9.82. The molecule has 2 rings (SSSR count). The Labute approximate surface area is 102 Å². The zero-order chi connectivity index (χ0) is 12.3. The van der Waals surface area contributed by atoms with Crippen molar-refractivity contribution >= 4 is 5.69 Å². The van der Waals surface area contributed by atoms with E-state index in [2.05, 4.69) is 4.90 Å². The van der Waals surface area contributed by atoms with Gasteiger partial charge in [0.2, 0.25) is 0 Å². The zero-order valence-electron chi connectivity index (χ0n) is 10.2. The first-order valence-electron chi connectivity index (χ1n) is 6.02. The number of benzene rings is 1. The third-order valence-electron chi connectivity index (χ3n) is 2.99. The lowest BCUT2D eigenvalue weighted by Gasteiger charge is -2.20. The van der Waals surface area contributed by atoms with Gasteiger partial charge in [0, 0.05) is 18.3 Å². The summed E-state index contributed by atoms with van der Waals surface area (Å²) in [4.78, 5) is 2.19. The normalized spacial score (nSPS) is 17.1. The van der Waals surface area contributed by atoms with Crippen molar-refractivity contribution in [1.82, 2.24) is 4.90 Å². The lowest BCUT2D eigenvalue weighted by molar-refractivity contribution is 0.0742. The lowest BCUT2D eigenvalue weighted by atomic mass is 10.3. The number of rotatable bonds is 6. The van der Waals surface area contributed by atoms with Crippen LogP contribution in [0.4, 0.5) is 5.69 Å². The van der Waals surface area contributed by atoms with E-state index < -0.39 is 6.10 Å². The molecule has 1 aromatic rings. The largest absolute Gasteiger partial charge is 0.491 e. The highest BCUT2D eigenvalue weighted by Gasteiger charge is 2.27. The summed E-state index contributed by atoms with van der Waals surface area (Å²) in [6.07, 6.45) is 2.06. The number of nitrogen functional groups attached to an aromatic ring is 1. The van der Waals surface area contributed by atoms with Crippen molar-refractivity contribution in [2.24, 2.45) is 0 Å². The Bertz CT molecular complexity index is 349. The van der Waals surface area contributed by atoms with Gasteiger partial charge in [-0.25, -0.2) is 0 Å². The Hall–Kier alpha value is -1.26. The fraction of sp³-hybridized carbons (Fsp3) is 0.538. The average Bonchev–Trinajstić information content (AvgIpc) is 3.12. The Balaban J connectivity index is 1.71. The topological polar surface area (TPSA) is 58.7 Å². The fourth-order valence-corrected chi connectivity index (χ4v) is 1.81. The molecule has 1 atom stereocenters. The molecule has 0 aromatic heterocycles. The van der Waals surface area contributed by atoms with Crippen LogP contribution >= 0.6 is 0 Å². The monoisotopic (exact) mass is 236 g/mol. The second-order valence-electron chi connectivity index (χ2n) is 4.70. The van der Waals surface area contributed by atoms with Crippen molar-refractivity contribution in [2.45, 2.75) is 25.0 Å². The van der Waals surface area contributed by atoms with E-state index in [4.69, 9.17) is 10.5 Å². The third kappa shape index (κ3) is 3.91. The van der Waals surface area contributed by atoms with Gasteiger partial charge in [0.15, 0.2) is 0 Å². The van der Waals surface area contributed by atoms with E-state index in [-0.39, 0.29) is 0 Å². The average molecular weight is 236 g/mol. The van der Waals surface area contributed by atoms with E-state index in [1.807, 2.05) is 19.2 Å². The summed E-state index contributed by atoms with van der Waals surface area (Å²) < 4.78 is 5.49. The van der Waals surface area contributed by atoms with E-state index in [1.165, 1.54) is 12.8 Å². The molecule has 1 aromatic carbocycles. The molecule has 94 valence electrons. The van der Waals surface area contributed by atoms with Crippen LogP contribution < -0.4 is 10.5 Å². The minimum Gasteiger partial charge on any atom is -0.491 e. The summed E-state index contributed by atoms with van der Waals surface area (Å²) in [6, 6.07) is 7.87. The van der Waals surface area contributed by atoms with E-state index in [0.29, 0.717) is 24.9 Å². The Morgan fingerprint density at radius 1 is 1.41 bits per heavy atom. The van der Waals surface area contributed by atoms with Crippen LogP contribution in [-0.2, 0) is 0 Å². The summed E-state index contributed by atoms with van der Waals surface area (Å²) in [5.41, 5.74) is 6.29. The predicted molar refractivity (Wildman–Crippen MR) is 68.0 cm³/mol. The van der Waals surface area contributed by atoms with Gasteiger partial charge in [-0.2, -0.15) is 0 Å². The van der Waals surface area contributed by atoms with Crippen LogP contribution in [0.1, 0.15) is 12.8 Å². The standard InChI is InChI=1S/C13H20N2O2/c1-15(11-4-5-11)8-12(16)9-17-13-6-2-10(14)3-7-13/h2-3,6-7,11-12,16H,4-5,8-9,14H2,1H3. The summed E-state index contributed by atoms with van der Waals surface area (Å²) >= 11 is 0. The van der Waals surface area contributed by atoms with Crippen molar-refractivity contribution < 1.29 is 9.84 Å². The number of nitrogens with zero attached hydrogens (tertiary/aromatic N) is 1. The predicted octanol–water partition coefficient (Wildman–Crippen LogP) is 1.10. The fourth-order valence-electron chi connectivity index (χ4n) is 1.81. The second-order valence-corrected chi connectivity index (χ2v) is 4.70. The first-order chi connectivity index (χ1) is 8.15. The highest BCUT2D eigenvalue weighted by Crippen LogP contribution is 2.25. The molecule has 1 fully saturated rings. The van der Waals surface area contributed by atoms with Gasteiger partial charge in [0.25, 0.3) is 0 Å². The highest BCUT2D eigenvalue weighted by atomic mass is 16.5. The van der Waals surface area contributed by atoms with Crippen molar-refractivity contribution in [3.8, 4) is 5.75 Å². The number of nitrogens with two attached hydrogens (primary N) is 1. The summed E-state index contributed by atoms with van der Waals surface area (Å²) in [6.45, 7) is 0.987. The van der Waals surface area contributed by atoms with Crippen molar-refractivity contribution in [3.05, 3.63) is 24.3 Å². The number of hydrogen-bond acceptors (Lipinski definition) is 4. The maximum Gasteiger partial charge on any atom is 0.119 e. The minimum atomic E-state index is -0.446.